The summed E-state index contributed by atoms with van der Waals surface area (Å²) >= 11 is 1.89. The molecule has 4 heteroatoms. The van der Waals surface area contributed by atoms with Gasteiger partial charge in [0.05, 0.1) is 5.69 Å². The molecule has 1 fully saturated rings. The molecule has 0 unspecified atom stereocenters. The van der Waals surface area contributed by atoms with Gasteiger partial charge in [0.25, 0.3) is 0 Å². The second kappa shape index (κ2) is 6.53. The normalized spacial score (nSPS) is 15.1. The fourth-order valence-corrected chi connectivity index (χ4v) is 3.48. The Balaban J connectivity index is 2.06. The molecule has 1 heterocycles. The van der Waals surface area contributed by atoms with E-state index >= 15 is 0 Å². The maximum atomic E-state index is 4.84. The number of aryl methyl sites for hydroxylation is 1. The van der Waals surface area contributed by atoms with Crippen molar-refractivity contribution < 1.29 is 0 Å². The summed E-state index contributed by atoms with van der Waals surface area (Å²) in [4.78, 5) is 8.75. The number of anilines is 1. The topological polar surface area (TPSA) is 28.2 Å². The fraction of sp³-hybridized carbons (Fsp3) is 0.786. The van der Waals surface area contributed by atoms with Gasteiger partial charge >= 0.3 is 0 Å². The maximum absolute atomic E-state index is 4.84. The van der Waals surface area contributed by atoms with Crippen molar-refractivity contribution in [3.05, 3.63) is 10.6 Å². The Kier molecular flexibility index (Phi) is 5.01. The second-order valence-corrected chi connectivity index (χ2v) is 5.98. The van der Waals surface area contributed by atoms with Crippen molar-refractivity contribution in [1.29, 1.82) is 0 Å². The number of rotatable bonds is 8. The highest BCUT2D eigenvalue weighted by molar-refractivity contribution is 7.15. The minimum atomic E-state index is 0.766. The van der Waals surface area contributed by atoms with Crippen LogP contribution in [0.3, 0.4) is 0 Å². The highest BCUT2D eigenvalue weighted by atomic mass is 32.1. The summed E-state index contributed by atoms with van der Waals surface area (Å²) in [5, 5.41) is 4.73. The van der Waals surface area contributed by atoms with Crippen LogP contribution >= 0.6 is 11.3 Å². The Morgan fingerprint density at radius 2 is 2.11 bits per heavy atom. The van der Waals surface area contributed by atoms with Crippen molar-refractivity contribution in [1.82, 2.24) is 10.3 Å². The smallest absolute Gasteiger partial charge is 0.186 e. The molecule has 1 aromatic heterocycles. The molecule has 18 heavy (non-hydrogen) atoms. The molecule has 0 radical (unpaired) electrons. The van der Waals surface area contributed by atoms with E-state index in [0.717, 1.165) is 32.1 Å². The Morgan fingerprint density at radius 3 is 2.67 bits per heavy atom. The van der Waals surface area contributed by atoms with Crippen molar-refractivity contribution in [3.8, 4) is 0 Å². The zero-order valence-electron chi connectivity index (χ0n) is 11.8. The van der Waals surface area contributed by atoms with Gasteiger partial charge in [0, 0.05) is 24.0 Å². The van der Waals surface area contributed by atoms with E-state index in [1.807, 2.05) is 11.3 Å². The molecule has 0 amide bonds. The number of nitrogens with zero attached hydrogens (tertiary/aromatic N) is 2. The zero-order chi connectivity index (χ0) is 13.0. The molecule has 0 saturated heterocycles. The highest BCUT2D eigenvalue weighted by Crippen LogP contribution is 2.35. The molecular weight excluding hydrogens is 242 g/mol. The van der Waals surface area contributed by atoms with Crippen LogP contribution in [0.25, 0.3) is 0 Å². The summed E-state index contributed by atoms with van der Waals surface area (Å²) in [6, 6.07) is 0.766. The first-order chi connectivity index (χ1) is 8.80. The van der Waals surface area contributed by atoms with E-state index in [-0.39, 0.29) is 0 Å². The zero-order valence-corrected chi connectivity index (χ0v) is 12.6. The monoisotopic (exact) mass is 267 g/mol. The van der Waals surface area contributed by atoms with Crippen LogP contribution in [-0.2, 0) is 13.0 Å². The maximum Gasteiger partial charge on any atom is 0.186 e. The van der Waals surface area contributed by atoms with Gasteiger partial charge in [-0.15, -0.1) is 11.3 Å². The SMILES string of the molecule is CCCNCc1sc(N(CC)C2CC2)nc1CC. The van der Waals surface area contributed by atoms with Crippen molar-refractivity contribution in [2.75, 3.05) is 18.0 Å². The standard InChI is InChI=1S/C14H25N3S/c1-4-9-15-10-13-12(5-2)16-14(18-13)17(6-3)11-7-8-11/h11,15H,4-10H2,1-3H3. The summed E-state index contributed by atoms with van der Waals surface area (Å²) in [6.07, 6.45) is 4.93. The molecule has 3 nitrogen and oxygen atoms in total. The number of hydrogen-bond acceptors (Lipinski definition) is 4. The number of thiazole rings is 1. The third-order valence-corrected chi connectivity index (χ3v) is 4.52. The predicted octanol–water partition coefficient (Wildman–Crippen LogP) is 3.19. The average molecular weight is 267 g/mol. The number of aromatic nitrogens is 1. The minimum absolute atomic E-state index is 0.766. The van der Waals surface area contributed by atoms with E-state index in [4.69, 9.17) is 4.98 Å². The average Bonchev–Trinajstić information content (AvgIpc) is 3.12. The van der Waals surface area contributed by atoms with Gasteiger partial charge in [-0.05, 0) is 39.2 Å². The molecule has 0 bridgehead atoms. The summed E-state index contributed by atoms with van der Waals surface area (Å²) < 4.78 is 0. The van der Waals surface area contributed by atoms with Gasteiger partial charge < -0.3 is 10.2 Å². The lowest BCUT2D eigenvalue weighted by Gasteiger charge is -2.18. The van der Waals surface area contributed by atoms with Crippen LogP contribution in [0.4, 0.5) is 5.13 Å². The number of nitrogens with one attached hydrogen (secondary N) is 1. The lowest BCUT2D eigenvalue weighted by molar-refractivity contribution is 0.676. The molecule has 2 rings (SSSR count). The molecular formula is C14H25N3S. The molecule has 1 aliphatic rings. The third kappa shape index (κ3) is 3.23. The second-order valence-electron chi connectivity index (χ2n) is 4.91. The Morgan fingerprint density at radius 1 is 1.33 bits per heavy atom. The van der Waals surface area contributed by atoms with Crippen LogP contribution in [0.5, 0.6) is 0 Å². The van der Waals surface area contributed by atoms with E-state index in [9.17, 15) is 0 Å². The molecule has 102 valence electrons. The Bertz CT molecular complexity index is 371. The van der Waals surface area contributed by atoms with Gasteiger partial charge in [-0.2, -0.15) is 0 Å². The molecule has 1 N–H and O–H groups in total. The molecule has 0 spiro atoms. The van der Waals surface area contributed by atoms with Crippen LogP contribution in [0.15, 0.2) is 0 Å². The lowest BCUT2D eigenvalue weighted by Crippen LogP contribution is -2.24. The fourth-order valence-electron chi connectivity index (χ4n) is 2.22. The number of hydrogen-bond donors (Lipinski definition) is 1. The van der Waals surface area contributed by atoms with Crippen LogP contribution in [0.1, 0.15) is 50.6 Å². The van der Waals surface area contributed by atoms with Crippen LogP contribution in [0.2, 0.25) is 0 Å². The first-order valence-electron chi connectivity index (χ1n) is 7.26. The van der Waals surface area contributed by atoms with Gasteiger partial charge in [0.15, 0.2) is 5.13 Å². The Labute approximate surface area is 115 Å². The van der Waals surface area contributed by atoms with Crippen molar-refractivity contribution in [3.63, 3.8) is 0 Å². The Hall–Kier alpha value is -0.610. The quantitative estimate of drug-likeness (QED) is 0.733. The largest absolute Gasteiger partial charge is 0.345 e. The summed E-state index contributed by atoms with van der Waals surface area (Å²) in [6.45, 7) is 9.81. The van der Waals surface area contributed by atoms with Crippen molar-refractivity contribution in [2.45, 2.75) is 59.0 Å². The van der Waals surface area contributed by atoms with Crippen LogP contribution in [-0.4, -0.2) is 24.1 Å². The predicted molar refractivity (Wildman–Crippen MR) is 79.5 cm³/mol. The van der Waals surface area contributed by atoms with E-state index in [1.54, 1.807) is 0 Å². The minimum Gasteiger partial charge on any atom is -0.345 e. The van der Waals surface area contributed by atoms with Crippen molar-refractivity contribution >= 4 is 16.5 Å². The van der Waals surface area contributed by atoms with Gasteiger partial charge in [0.1, 0.15) is 0 Å². The van der Waals surface area contributed by atoms with E-state index in [2.05, 4.69) is 31.0 Å². The molecule has 1 saturated carbocycles. The van der Waals surface area contributed by atoms with Gasteiger partial charge in [-0.1, -0.05) is 13.8 Å². The van der Waals surface area contributed by atoms with E-state index in [1.165, 1.54) is 35.0 Å². The summed E-state index contributed by atoms with van der Waals surface area (Å²) in [7, 11) is 0. The molecule has 0 aromatic carbocycles. The molecule has 1 aliphatic carbocycles. The highest BCUT2D eigenvalue weighted by Gasteiger charge is 2.30. The first kappa shape index (κ1) is 13.8. The van der Waals surface area contributed by atoms with Crippen LogP contribution in [0, 0.1) is 0 Å². The van der Waals surface area contributed by atoms with Crippen molar-refractivity contribution in [2.24, 2.45) is 0 Å². The van der Waals surface area contributed by atoms with Crippen LogP contribution < -0.4 is 10.2 Å². The lowest BCUT2D eigenvalue weighted by atomic mass is 10.3. The molecule has 0 aliphatic heterocycles. The molecule has 1 aromatic rings. The van der Waals surface area contributed by atoms with E-state index in [0.29, 0.717) is 0 Å². The summed E-state index contributed by atoms with van der Waals surface area (Å²) in [5.74, 6) is 0. The van der Waals surface area contributed by atoms with Gasteiger partial charge in [0.2, 0.25) is 0 Å². The third-order valence-electron chi connectivity index (χ3n) is 3.39. The first-order valence-corrected chi connectivity index (χ1v) is 8.07. The van der Waals surface area contributed by atoms with Gasteiger partial charge in [-0.3, -0.25) is 0 Å². The summed E-state index contributed by atoms with van der Waals surface area (Å²) in [5.41, 5.74) is 1.29. The van der Waals surface area contributed by atoms with Gasteiger partial charge in [-0.25, -0.2) is 4.98 Å². The molecule has 0 atom stereocenters. The van der Waals surface area contributed by atoms with E-state index < -0.39 is 0 Å².